The van der Waals surface area contributed by atoms with Gasteiger partial charge in [-0.1, -0.05) is 29.8 Å². The average Bonchev–Trinajstić information content (AvgIpc) is 2.92. The molecule has 3 nitrogen and oxygen atoms in total. The van der Waals surface area contributed by atoms with Crippen LogP contribution in [0.5, 0.6) is 5.75 Å². The fraction of sp³-hybridized carbons (Fsp3) is 0.647. The summed E-state index contributed by atoms with van der Waals surface area (Å²) < 4.78 is 12.1. The first-order valence-corrected chi connectivity index (χ1v) is 8.51. The highest BCUT2D eigenvalue weighted by Crippen LogP contribution is 2.37. The van der Waals surface area contributed by atoms with Crippen LogP contribution in [0.3, 0.4) is 0 Å². The highest BCUT2D eigenvalue weighted by Gasteiger charge is 2.26. The largest absolute Gasteiger partial charge is 0.493 e. The van der Waals surface area contributed by atoms with Crippen LogP contribution < -0.4 is 10.1 Å². The Balaban J connectivity index is 2.07. The molecule has 2 rings (SSSR count). The molecule has 1 atom stereocenters. The van der Waals surface area contributed by atoms with Gasteiger partial charge >= 0.3 is 0 Å². The number of fused-ring (bicyclic) bond motifs is 1. The molecule has 0 aromatic heterocycles. The van der Waals surface area contributed by atoms with Gasteiger partial charge in [0.05, 0.1) is 13.2 Å². The van der Waals surface area contributed by atoms with Gasteiger partial charge in [-0.3, -0.25) is 0 Å². The van der Waals surface area contributed by atoms with Crippen molar-refractivity contribution in [2.24, 2.45) is 5.41 Å². The second kappa shape index (κ2) is 7.61. The Morgan fingerprint density at radius 1 is 1.43 bits per heavy atom. The molecule has 0 spiro atoms. The molecule has 1 aliphatic heterocycles. The lowest BCUT2D eigenvalue weighted by atomic mass is 9.80. The Morgan fingerprint density at radius 3 is 2.95 bits per heavy atom. The maximum atomic E-state index is 5.86. The standard InChI is InChI=1S/C17H26BrNO2/c1-4-17(2,12-19-6-8-20-3)11-14-10-15(18)9-13-5-7-21-16(13)14/h9-10,19H,4-8,11-12H2,1-3H3. The smallest absolute Gasteiger partial charge is 0.125 e. The van der Waals surface area contributed by atoms with Crippen LogP contribution in [-0.4, -0.2) is 33.4 Å². The lowest BCUT2D eigenvalue weighted by Crippen LogP contribution is -2.35. The fourth-order valence-corrected chi connectivity index (χ4v) is 3.37. The van der Waals surface area contributed by atoms with E-state index in [2.05, 4.69) is 47.2 Å². The highest BCUT2D eigenvalue weighted by atomic mass is 79.9. The summed E-state index contributed by atoms with van der Waals surface area (Å²) in [5, 5.41) is 3.50. The normalized spacial score (nSPS) is 16.4. The first kappa shape index (κ1) is 16.8. The average molecular weight is 356 g/mol. The summed E-state index contributed by atoms with van der Waals surface area (Å²) in [5.74, 6) is 1.12. The van der Waals surface area contributed by atoms with E-state index in [0.29, 0.717) is 0 Å². The van der Waals surface area contributed by atoms with Gasteiger partial charge in [0.15, 0.2) is 0 Å². The van der Waals surface area contributed by atoms with Gasteiger partial charge in [-0.15, -0.1) is 0 Å². The van der Waals surface area contributed by atoms with Crippen molar-refractivity contribution in [3.8, 4) is 5.75 Å². The van der Waals surface area contributed by atoms with Gasteiger partial charge in [0.2, 0.25) is 0 Å². The van der Waals surface area contributed by atoms with Gasteiger partial charge in [-0.05, 0) is 41.5 Å². The molecule has 0 bridgehead atoms. The van der Waals surface area contributed by atoms with E-state index in [1.807, 2.05) is 0 Å². The predicted octanol–water partition coefficient (Wildman–Crippen LogP) is 3.58. The Morgan fingerprint density at radius 2 is 2.24 bits per heavy atom. The van der Waals surface area contributed by atoms with E-state index in [9.17, 15) is 0 Å². The van der Waals surface area contributed by atoms with Crippen molar-refractivity contribution >= 4 is 15.9 Å². The summed E-state index contributed by atoms with van der Waals surface area (Å²) >= 11 is 3.63. The monoisotopic (exact) mass is 355 g/mol. The lowest BCUT2D eigenvalue weighted by Gasteiger charge is -2.29. The third-order valence-electron chi connectivity index (χ3n) is 4.33. The number of methoxy groups -OCH3 is 1. The first-order valence-electron chi connectivity index (χ1n) is 7.72. The molecule has 1 aliphatic rings. The number of benzene rings is 1. The Labute approximate surface area is 136 Å². The number of hydrogen-bond acceptors (Lipinski definition) is 3. The number of ether oxygens (including phenoxy) is 2. The molecule has 21 heavy (non-hydrogen) atoms. The SMILES string of the molecule is CCC(C)(CNCCOC)Cc1cc(Br)cc2c1OCC2. The van der Waals surface area contributed by atoms with Gasteiger partial charge < -0.3 is 14.8 Å². The quantitative estimate of drug-likeness (QED) is 0.723. The van der Waals surface area contributed by atoms with E-state index in [1.165, 1.54) is 11.1 Å². The summed E-state index contributed by atoms with van der Waals surface area (Å²) in [6.07, 6.45) is 3.19. The van der Waals surface area contributed by atoms with E-state index in [4.69, 9.17) is 9.47 Å². The molecular formula is C17H26BrNO2. The maximum Gasteiger partial charge on any atom is 0.125 e. The summed E-state index contributed by atoms with van der Waals surface area (Å²) in [7, 11) is 1.74. The second-order valence-corrected chi connectivity index (χ2v) is 7.08. The summed E-state index contributed by atoms with van der Waals surface area (Å²) in [5.41, 5.74) is 2.90. The van der Waals surface area contributed by atoms with Crippen molar-refractivity contribution in [3.63, 3.8) is 0 Å². The number of rotatable bonds is 8. The Hall–Kier alpha value is -0.580. The minimum atomic E-state index is 0.230. The van der Waals surface area contributed by atoms with Crippen LogP contribution >= 0.6 is 15.9 Å². The van der Waals surface area contributed by atoms with Crippen molar-refractivity contribution in [2.45, 2.75) is 33.1 Å². The number of hydrogen-bond donors (Lipinski definition) is 1. The van der Waals surface area contributed by atoms with Crippen molar-refractivity contribution in [1.29, 1.82) is 0 Å². The van der Waals surface area contributed by atoms with Crippen molar-refractivity contribution in [3.05, 3.63) is 27.7 Å². The molecule has 0 radical (unpaired) electrons. The lowest BCUT2D eigenvalue weighted by molar-refractivity contribution is 0.191. The molecule has 1 unspecified atom stereocenters. The van der Waals surface area contributed by atoms with Gasteiger partial charge in [0.1, 0.15) is 5.75 Å². The van der Waals surface area contributed by atoms with E-state index >= 15 is 0 Å². The van der Waals surface area contributed by atoms with E-state index in [1.54, 1.807) is 7.11 Å². The van der Waals surface area contributed by atoms with Crippen LogP contribution in [0.15, 0.2) is 16.6 Å². The van der Waals surface area contributed by atoms with Crippen LogP contribution in [0.25, 0.3) is 0 Å². The van der Waals surface area contributed by atoms with Crippen molar-refractivity contribution in [1.82, 2.24) is 5.32 Å². The molecule has 0 saturated heterocycles. The van der Waals surface area contributed by atoms with Crippen LogP contribution in [0.1, 0.15) is 31.4 Å². The molecule has 4 heteroatoms. The van der Waals surface area contributed by atoms with Gasteiger partial charge in [0, 0.05) is 31.1 Å². The molecule has 0 fully saturated rings. The molecule has 0 aliphatic carbocycles. The van der Waals surface area contributed by atoms with Crippen molar-refractivity contribution in [2.75, 3.05) is 33.4 Å². The van der Waals surface area contributed by atoms with Gasteiger partial charge in [-0.2, -0.15) is 0 Å². The Kier molecular flexibility index (Phi) is 6.08. The van der Waals surface area contributed by atoms with Crippen LogP contribution in [0, 0.1) is 5.41 Å². The summed E-state index contributed by atoms with van der Waals surface area (Å²) in [6.45, 7) is 8.07. The number of nitrogens with one attached hydrogen (secondary N) is 1. The summed E-state index contributed by atoms with van der Waals surface area (Å²) in [4.78, 5) is 0. The molecular weight excluding hydrogens is 330 g/mol. The molecule has 0 amide bonds. The third-order valence-corrected chi connectivity index (χ3v) is 4.79. The molecule has 1 aromatic rings. The highest BCUT2D eigenvalue weighted by molar-refractivity contribution is 9.10. The Bertz CT molecular complexity index is 478. The summed E-state index contributed by atoms with van der Waals surface area (Å²) in [6, 6.07) is 4.40. The molecule has 118 valence electrons. The minimum Gasteiger partial charge on any atom is -0.493 e. The molecule has 1 N–H and O–H groups in total. The van der Waals surface area contributed by atoms with Crippen LogP contribution in [0.2, 0.25) is 0 Å². The zero-order chi connectivity index (χ0) is 15.3. The van der Waals surface area contributed by atoms with E-state index in [0.717, 1.165) is 55.8 Å². The molecule has 1 aromatic carbocycles. The van der Waals surface area contributed by atoms with Crippen LogP contribution in [-0.2, 0) is 17.6 Å². The zero-order valence-corrected chi connectivity index (χ0v) is 14.9. The first-order chi connectivity index (χ1) is 10.1. The van der Waals surface area contributed by atoms with Crippen molar-refractivity contribution < 1.29 is 9.47 Å². The predicted molar refractivity (Wildman–Crippen MR) is 90.2 cm³/mol. The minimum absolute atomic E-state index is 0.230. The number of halogens is 1. The fourth-order valence-electron chi connectivity index (χ4n) is 2.81. The second-order valence-electron chi connectivity index (χ2n) is 6.16. The molecule has 0 saturated carbocycles. The zero-order valence-electron chi connectivity index (χ0n) is 13.3. The van der Waals surface area contributed by atoms with Gasteiger partial charge in [0.25, 0.3) is 0 Å². The van der Waals surface area contributed by atoms with E-state index < -0.39 is 0 Å². The maximum absolute atomic E-state index is 5.86. The topological polar surface area (TPSA) is 30.5 Å². The molecule has 1 heterocycles. The van der Waals surface area contributed by atoms with Gasteiger partial charge in [-0.25, -0.2) is 0 Å². The van der Waals surface area contributed by atoms with Crippen LogP contribution in [0.4, 0.5) is 0 Å². The third kappa shape index (κ3) is 4.44. The van der Waals surface area contributed by atoms with E-state index in [-0.39, 0.29) is 5.41 Å².